The van der Waals surface area contributed by atoms with Crippen molar-refractivity contribution in [2.45, 2.75) is 25.3 Å². The normalized spacial score (nSPS) is 16.7. The third kappa shape index (κ3) is 4.85. The largest absolute Gasteiger partial charge is 0.366 e. The van der Waals surface area contributed by atoms with Crippen LogP contribution in [0.2, 0.25) is 0 Å². The number of carbonyl (C=O) groups excluding carboxylic acids is 3. The van der Waals surface area contributed by atoms with Crippen molar-refractivity contribution in [2.24, 2.45) is 5.73 Å². The molecule has 0 spiro atoms. The molecular formula is C22H23N3O3. The Balaban J connectivity index is 1.65. The molecule has 0 radical (unpaired) electrons. The Morgan fingerprint density at radius 3 is 2.54 bits per heavy atom. The van der Waals surface area contributed by atoms with Crippen molar-refractivity contribution < 1.29 is 14.4 Å². The standard InChI is InChI=1S/C22H23N3O3/c23-22(28)17-9-6-10-18(15-17)24-20(26)12-13-21(27)25-14-5-4-11-19(25)16-7-2-1-3-8-16/h1-3,6-10,12-13,15,19H,4-5,11,14H2,(H2,23,28)(H,24,26)/b13-12-. The first-order chi connectivity index (χ1) is 13.5. The van der Waals surface area contributed by atoms with Gasteiger partial charge in [-0.25, -0.2) is 0 Å². The van der Waals surface area contributed by atoms with Gasteiger partial charge in [0.15, 0.2) is 0 Å². The van der Waals surface area contributed by atoms with E-state index in [4.69, 9.17) is 5.73 Å². The summed E-state index contributed by atoms with van der Waals surface area (Å²) in [5.41, 5.74) is 7.09. The number of nitrogens with zero attached hydrogens (tertiary/aromatic N) is 1. The van der Waals surface area contributed by atoms with Crippen molar-refractivity contribution in [3.05, 3.63) is 77.9 Å². The summed E-state index contributed by atoms with van der Waals surface area (Å²) in [6.45, 7) is 0.672. The van der Waals surface area contributed by atoms with Gasteiger partial charge in [0.05, 0.1) is 6.04 Å². The maximum atomic E-state index is 12.7. The van der Waals surface area contributed by atoms with Crippen LogP contribution in [0.5, 0.6) is 0 Å². The molecule has 2 aromatic rings. The third-order valence-electron chi connectivity index (χ3n) is 4.76. The van der Waals surface area contributed by atoms with Gasteiger partial charge >= 0.3 is 0 Å². The minimum atomic E-state index is -0.570. The molecule has 1 atom stereocenters. The van der Waals surface area contributed by atoms with Gasteiger partial charge in [0.25, 0.3) is 0 Å². The highest BCUT2D eigenvalue weighted by Gasteiger charge is 2.26. The van der Waals surface area contributed by atoms with E-state index in [0.717, 1.165) is 24.8 Å². The molecule has 3 N–H and O–H groups in total. The fourth-order valence-electron chi connectivity index (χ4n) is 3.39. The average molecular weight is 377 g/mol. The lowest BCUT2D eigenvalue weighted by Crippen LogP contribution is -2.37. The summed E-state index contributed by atoms with van der Waals surface area (Å²) in [6, 6.07) is 16.3. The molecule has 1 unspecified atom stereocenters. The molecule has 1 aliphatic rings. The molecule has 2 aromatic carbocycles. The van der Waals surface area contributed by atoms with Crippen LogP contribution in [0.4, 0.5) is 5.69 Å². The van der Waals surface area contributed by atoms with Gasteiger partial charge < -0.3 is 16.0 Å². The number of benzene rings is 2. The zero-order valence-corrected chi connectivity index (χ0v) is 15.5. The number of rotatable bonds is 5. The highest BCUT2D eigenvalue weighted by molar-refractivity contribution is 6.04. The number of amides is 3. The Kier molecular flexibility index (Phi) is 6.22. The highest BCUT2D eigenvalue weighted by atomic mass is 16.2. The molecule has 0 aliphatic carbocycles. The second-order valence-electron chi connectivity index (χ2n) is 6.72. The summed E-state index contributed by atoms with van der Waals surface area (Å²) < 4.78 is 0. The first-order valence-electron chi connectivity index (χ1n) is 9.29. The molecule has 3 amide bonds. The zero-order chi connectivity index (χ0) is 19.9. The van der Waals surface area contributed by atoms with Crippen molar-refractivity contribution in [1.29, 1.82) is 0 Å². The monoisotopic (exact) mass is 377 g/mol. The lowest BCUT2D eigenvalue weighted by molar-refractivity contribution is -0.130. The molecule has 1 heterocycles. The Hall–Kier alpha value is -3.41. The quantitative estimate of drug-likeness (QED) is 0.785. The van der Waals surface area contributed by atoms with Crippen LogP contribution >= 0.6 is 0 Å². The third-order valence-corrected chi connectivity index (χ3v) is 4.76. The first-order valence-corrected chi connectivity index (χ1v) is 9.29. The Bertz CT molecular complexity index is 893. The average Bonchev–Trinajstić information content (AvgIpc) is 2.73. The lowest BCUT2D eigenvalue weighted by atomic mass is 9.95. The molecule has 1 aliphatic heterocycles. The number of primary amides is 1. The van der Waals surface area contributed by atoms with E-state index in [1.165, 1.54) is 18.2 Å². The predicted octanol–water partition coefficient (Wildman–Crippen LogP) is 3.03. The molecule has 0 aromatic heterocycles. The maximum absolute atomic E-state index is 12.7. The summed E-state index contributed by atoms with van der Waals surface area (Å²) >= 11 is 0. The molecule has 1 fully saturated rings. The Morgan fingerprint density at radius 2 is 1.79 bits per heavy atom. The first kappa shape index (κ1) is 19.4. The predicted molar refractivity (Wildman–Crippen MR) is 107 cm³/mol. The number of nitrogens with two attached hydrogens (primary N) is 1. The van der Waals surface area contributed by atoms with Gasteiger partial charge in [0.2, 0.25) is 17.7 Å². The van der Waals surface area contributed by atoms with Gasteiger partial charge in [0.1, 0.15) is 0 Å². The van der Waals surface area contributed by atoms with Crippen LogP contribution in [0.3, 0.4) is 0 Å². The minimum Gasteiger partial charge on any atom is -0.366 e. The smallest absolute Gasteiger partial charge is 0.248 e. The molecule has 28 heavy (non-hydrogen) atoms. The van der Waals surface area contributed by atoms with Crippen LogP contribution in [-0.4, -0.2) is 29.2 Å². The molecular weight excluding hydrogens is 354 g/mol. The van der Waals surface area contributed by atoms with Crippen molar-refractivity contribution >= 4 is 23.4 Å². The van der Waals surface area contributed by atoms with Crippen LogP contribution in [0.15, 0.2) is 66.7 Å². The van der Waals surface area contributed by atoms with E-state index in [0.29, 0.717) is 17.8 Å². The number of hydrogen-bond acceptors (Lipinski definition) is 3. The van der Waals surface area contributed by atoms with Crippen molar-refractivity contribution in [1.82, 2.24) is 4.90 Å². The van der Waals surface area contributed by atoms with Crippen molar-refractivity contribution in [3.63, 3.8) is 0 Å². The summed E-state index contributed by atoms with van der Waals surface area (Å²) in [4.78, 5) is 37.9. The maximum Gasteiger partial charge on any atom is 0.248 e. The number of hydrogen-bond donors (Lipinski definition) is 2. The summed E-state index contributed by atoms with van der Waals surface area (Å²) in [5.74, 6) is -1.20. The van der Waals surface area contributed by atoms with Gasteiger partial charge in [-0.2, -0.15) is 0 Å². The van der Waals surface area contributed by atoms with E-state index >= 15 is 0 Å². The summed E-state index contributed by atoms with van der Waals surface area (Å²) in [5, 5.41) is 2.63. The van der Waals surface area contributed by atoms with Crippen molar-refractivity contribution in [3.8, 4) is 0 Å². The van der Waals surface area contributed by atoms with Crippen LogP contribution in [0.1, 0.15) is 41.2 Å². The zero-order valence-electron chi connectivity index (χ0n) is 15.5. The topological polar surface area (TPSA) is 92.5 Å². The number of nitrogens with one attached hydrogen (secondary N) is 1. The van der Waals surface area contributed by atoms with Gasteiger partial charge in [-0.15, -0.1) is 0 Å². The second kappa shape index (κ2) is 8.99. The van der Waals surface area contributed by atoms with E-state index in [1.807, 2.05) is 35.2 Å². The lowest BCUT2D eigenvalue weighted by Gasteiger charge is -2.35. The van der Waals surface area contributed by atoms with Crippen LogP contribution < -0.4 is 11.1 Å². The minimum absolute atomic E-state index is 0.0300. The Morgan fingerprint density at radius 1 is 1.00 bits per heavy atom. The highest BCUT2D eigenvalue weighted by Crippen LogP contribution is 2.30. The molecule has 0 saturated carbocycles. The van der Waals surface area contributed by atoms with Crippen LogP contribution in [-0.2, 0) is 9.59 Å². The van der Waals surface area contributed by atoms with E-state index in [2.05, 4.69) is 5.32 Å². The van der Waals surface area contributed by atoms with E-state index in [1.54, 1.807) is 18.2 Å². The van der Waals surface area contributed by atoms with Crippen molar-refractivity contribution in [2.75, 3.05) is 11.9 Å². The van der Waals surface area contributed by atoms with E-state index in [9.17, 15) is 14.4 Å². The van der Waals surface area contributed by atoms with Gasteiger partial charge in [-0.3, -0.25) is 14.4 Å². The van der Waals surface area contributed by atoms with Crippen LogP contribution in [0, 0.1) is 0 Å². The molecule has 6 nitrogen and oxygen atoms in total. The molecule has 0 bridgehead atoms. The number of likely N-dealkylation sites (tertiary alicyclic amines) is 1. The fourth-order valence-corrected chi connectivity index (χ4v) is 3.39. The second-order valence-corrected chi connectivity index (χ2v) is 6.72. The fraction of sp³-hybridized carbons (Fsp3) is 0.227. The number of piperidine rings is 1. The summed E-state index contributed by atoms with van der Waals surface area (Å²) in [7, 11) is 0. The summed E-state index contributed by atoms with van der Waals surface area (Å²) in [6.07, 6.45) is 5.46. The van der Waals surface area contributed by atoms with Gasteiger partial charge in [-0.1, -0.05) is 36.4 Å². The molecule has 144 valence electrons. The van der Waals surface area contributed by atoms with Gasteiger partial charge in [0, 0.05) is 29.9 Å². The molecule has 3 rings (SSSR count). The van der Waals surface area contributed by atoms with Crippen LogP contribution in [0.25, 0.3) is 0 Å². The molecule has 1 saturated heterocycles. The van der Waals surface area contributed by atoms with E-state index < -0.39 is 11.8 Å². The number of anilines is 1. The Labute approximate surface area is 164 Å². The SMILES string of the molecule is NC(=O)c1cccc(NC(=O)/C=C\C(=O)N2CCCCC2c2ccccc2)c1. The van der Waals surface area contributed by atoms with E-state index in [-0.39, 0.29) is 11.9 Å². The van der Waals surface area contributed by atoms with Gasteiger partial charge in [-0.05, 0) is 43.0 Å². The number of carbonyl (C=O) groups is 3. The molecule has 6 heteroatoms.